The van der Waals surface area contributed by atoms with Gasteiger partial charge in [-0.3, -0.25) is 24.2 Å². The topological polar surface area (TPSA) is 127 Å². The van der Waals surface area contributed by atoms with Gasteiger partial charge >= 0.3 is 0 Å². The average Bonchev–Trinajstić information content (AvgIpc) is 3.28. The summed E-state index contributed by atoms with van der Waals surface area (Å²) in [6, 6.07) is 9.61. The Kier molecular flexibility index (Phi) is 9.60. The molecule has 0 spiro atoms. The van der Waals surface area contributed by atoms with Gasteiger partial charge in [0.25, 0.3) is 5.91 Å². The van der Waals surface area contributed by atoms with E-state index in [1.807, 2.05) is 6.07 Å². The number of nitriles is 1. The Morgan fingerprint density at radius 2 is 1.80 bits per heavy atom. The summed E-state index contributed by atoms with van der Waals surface area (Å²) in [5, 5.41) is 22.5. The Labute approximate surface area is 266 Å². The second-order valence-corrected chi connectivity index (χ2v) is 11.7. The molecule has 2 heterocycles. The van der Waals surface area contributed by atoms with Crippen LogP contribution in [0.4, 0.5) is 29.1 Å². The highest BCUT2D eigenvalue weighted by atomic mass is 35.5. The highest BCUT2D eigenvalue weighted by Gasteiger charge is 2.44. The summed E-state index contributed by atoms with van der Waals surface area (Å²) in [7, 11) is 0. The summed E-state index contributed by atoms with van der Waals surface area (Å²) in [5.74, 6) is -7.47. The van der Waals surface area contributed by atoms with Crippen molar-refractivity contribution in [1.82, 2.24) is 10.3 Å². The van der Waals surface area contributed by atoms with Gasteiger partial charge in [0.15, 0.2) is 0 Å². The molecule has 0 bridgehead atoms. The van der Waals surface area contributed by atoms with E-state index in [0.29, 0.717) is 6.07 Å². The van der Waals surface area contributed by atoms with Crippen LogP contribution in [0.25, 0.3) is 0 Å². The number of nitrogens with one attached hydrogen (secondary N) is 1. The van der Waals surface area contributed by atoms with Crippen LogP contribution >= 0.6 is 11.6 Å². The minimum Gasteiger partial charge on any atom is -0.383 e. The number of aliphatic hydroxyl groups excluding tert-OH is 1. The standard InChI is InChI=1S/C32H28ClF4N5O4/c33-25-4-2-1-3-24(25)29(30(45)40-21-5-8-32(36,37)9-6-21)42(22-13-19(34)12-20(35)14-22)28(44)16-23-15-26(43)31(46)41(23)27-11-18(17-38)7-10-39-27/h1-4,7,10-14,21,23,26,29,43H,5-6,8-9,15-16H2,(H,40,45)/t23-,26+,29+/m0/s1. The van der Waals surface area contributed by atoms with Gasteiger partial charge in [-0.2, -0.15) is 5.26 Å². The maximum Gasteiger partial charge on any atom is 0.257 e. The van der Waals surface area contributed by atoms with Crippen molar-refractivity contribution in [2.45, 2.75) is 68.7 Å². The number of hydrogen-bond donors (Lipinski definition) is 2. The monoisotopic (exact) mass is 657 g/mol. The number of rotatable bonds is 8. The van der Waals surface area contributed by atoms with E-state index in [1.54, 1.807) is 12.1 Å². The summed E-state index contributed by atoms with van der Waals surface area (Å²) >= 11 is 6.50. The Bertz CT molecular complexity index is 1670. The van der Waals surface area contributed by atoms with Crippen LogP contribution in [0.5, 0.6) is 0 Å². The fraction of sp³-hybridized carbons (Fsp3) is 0.344. The Hall–Kier alpha value is -4.54. The summed E-state index contributed by atoms with van der Waals surface area (Å²) < 4.78 is 56.9. The second kappa shape index (κ2) is 13.4. The molecular weight excluding hydrogens is 630 g/mol. The Balaban J connectivity index is 1.56. The number of pyridine rings is 1. The zero-order valence-corrected chi connectivity index (χ0v) is 24.9. The number of halogens is 5. The quantitative estimate of drug-likeness (QED) is 0.321. The average molecular weight is 658 g/mol. The van der Waals surface area contributed by atoms with E-state index < -0.39 is 78.8 Å². The molecule has 2 aromatic carbocycles. The highest BCUT2D eigenvalue weighted by molar-refractivity contribution is 6.31. The summed E-state index contributed by atoms with van der Waals surface area (Å²) in [6.07, 6.45) is -2.01. The fourth-order valence-electron chi connectivity index (χ4n) is 5.87. The van der Waals surface area contributed by atoms with Crippen LogP contribution < -0.4 is 15.1 Å². The van der Waals surface area contributed by atoms with Crippen LogP contribution in [0.2, 0.25) is 5.02 Å². The summed E-state index contributed by atoms with van der Waals surface area (Å²) in [4.78, 5) is 47.4. The van der Waals surface area contributed by atoms with Crippen LogP contribution in [-0.2, 0) is 14.4 Å². The van der Waals surface area contributed by atoms with Crippen molar-refractivity contribution in [3.63, 3.8) is 0 Å². The molecule has 1 aromatic heterocycles. The van der Waals surface area contributed by atoms with Crippen molar-refractivity contribution in [2.75, 3.05) is 9.80 Å². The number of hydrogen-bond acceptors (Lipinski definition) is 6. The lowest BCUT2D eigenvalue weighted by atomic mass is 9.91. The first kappa shape index (κ1) is 32.8. The van der Waals surface area contributed by atoms with E-state index >= 15 is 0 Å². The molecule has 14 heteroatoms. The highest BCUT2D eigenvalue weighted by Crippen LogP contribution is 2.37. The third kappa shape index (κ3) is 7.13. The normalized spacial score (nSPS) is 20.2. The molecule has 1 saturated carbocycles. The van der Waals surface area contributed by atoms with E-state index in [4.69, 9.17) is 11.6 Å². The molecule has 9 nitrogen and oxygen atoms in total. The van der Waals surface area contributed by atoms with E-state index in [0.717, 1.165) is 21.9 Å². The smallest absolute Gasteiger partial charge is 0.257 e. The van der Waals surface area contributed by atoms with Gasteiger partial charge in [-0.25, -0.2) is 22.5 Å². The van der Waals surface area contributed by atoms with Crippen molar-refractivity contribution in [3.05, 3.63) is 88.6 Å². The summed E-state index contributed by atoms with van der Waals surface area (Å²) in [5.41, 5.74) is -0.0977. The maximum absolute atomic E-state index is 14.6. The Morgan fingerprint density at radius 3 is 2.46 bits per heavy atom. The molecule has 3 aromatic rings. The van der Waals surface area contributed by atoms with Crippen molar-refractivity contribution in [3.8, 4) is 6.07 Å². The maximum atomic E-state index is 14.6. The zero-order valence-electron chi connectivity index (χ0n) is 24.2. The molecule has 2 fully saturated rings. The van der Waals surface area contributed by atoms with Gasteiger partial charge in [0.1, 0.15) is 29.6 Å². The van der Waals surface area contributed by atoms with Crippen LogP contribution in [0.1, 0.15) is 55.7 Å². The second-order valence-electron chi connectivity index (χ2n) is 11.3. The predicted octanol–water partition coefficient (Wildman–Crippen LogP) is 5.21. The molecule has 5 rings (SSSR count). The molecule has 46 heavy (non-hydrogen) atoms. The number of amides is 3. The number of carbonyl (C=O) groups excluding carboxylic acids is 3. The van der Waals surface area contributed by atoms with E-state index in [2.05, 4.69) is 10.3 Å². The van der Waals surface area contributed by atoms with E-state index in [9.17, 15) is 42.3 Å². The molecule has 2 aliphatic rings. The molecule has 0 radical (unpaired) electrons. The molecule has 1 aliphatic carbocycles. The lowest BCUT2D eigenvalue weighted by Gasteiger charge is -2.35. The van der Waals surface area contributed by atoms with Gasteiger partial charge in [0.05, 0.1) is 23.4 Å². The first-order valence-corrected chi connectivity index (χ1v) is 14.8. The molecule has 3 atom stereocenters. The van der Waals surface area contributed by atoms with Crippen molar-refractivity contribution >= 4 is 40.8 Å². The number of carbonyl (C=O) groups is 3. The van der Waals surface area contributed by atoms with E-state index in [-0.39, 0.29) is 46.9 Å². The van der Waals surface area contributed by atoms with Crippen LogP contribution in [0, 0.1) is 23.0 Å². The first-order chi connectivity index (χ1) is 21.9. The third-order valence-corrected chi connectivity index (χ3v) is 8.42. The third-order valence-electron chi connectivity index (χ3n) is 8.08. The van der Waals surface area contributed by atoms with Crippen molar-refractivity contribution < 1.29 is 37.1 Å². The van der Waals surface area contributed by atoms with E-state index in [1.165, 1.54) is 30.5 Å². The largest absolute Gasteiger partial charge is 0.383 e. The van der Waals surface area contributed by atoms with Gasteiger partial charge in [-0.1, -0.05) is 29.8 Å². The SMILES string of the molecule is N#Cc1ccnc(N2C(=O)[C@H](O)C[C@H]2CC(=O)N(c2cc(F)cc(F)c2)[C@@H](C(=O)NC2CCC(F)(F)CC2)c2ccccc2Cl)c1. The van der Waals surface area contributed by atoms with Gasteiger partial charge < -0.3 is 10.4 Å². The van der Waals surface area contributed by atoms with Crippen molar-refractivity contribution in [2.24, 2.45) is 0 Å². The number of alkyl halides is 2. The molecule has 2 N–H and O–H groups in total. The molecular formula is C32H28ClF4N5O4. The minimum atomic E-state index is -2.87. The Morgan fingerprint density at radius 1 is 1.13 bits per heavy atom. The number of aliphatic hydroxyl groups is 1. The zero-order chi connectivity index (χ0) is 33.2. The minimum absolute atomic E-state index is 0.00347. The fourth-order valence-corrected chi connectivity index (χ4v) is 6.11. The number of aromatic nitrogens is 1. The molecule has 1 saturated heterocycles. The summed E-state index contributed by atoms with van der Waals surface area (Å²) in [6.45, 7) is 0. The van der Waals surface area contributed by atoms with Crippen LogP contribution in [0.3, 0.4) is 0 Å². The lowest BCUT2D eigenvalue weighted by Crippen LogP contribution is -2.49. The molecule has 0 unspecified atom stereocenters. The van der Waals surface area contributed by atoms with Crippen LogP contribution in [-0.4, -0.2) is 51.9 Å². The van der Waals surface area contributed by atoms with Gasteiger partial charge in [-0.05, 0) is 43.2 Å². The number of anilines is 2. The van der Waals surface area contributed by atoms with Gasteiger partial charge in [-0.15, -0.1) is 0 Å². The lowest BCUT2D eigenvalue weighted by molar-refractivity contribution is -0.128. The van der Waals surface area contributed by atoms with Gasteiger partial charge in [0, 0.05) is 54.6 Å². The number of nitrogens with zero attached hydrogens (tertiary/aromatic N) is 4. The van der Waals surface area contributed by atoms with Crippen molar-refractivity contribution in [1.29, 1.82) is 5.26 Å². The van der Waals surface area contributed by atoms with Crippen LogP contribution in [0.15, 0.2) is 60.8 Å². The molecule has 1 aliphatic heterocycles. The predicted molar refractivity (Wildman–Crippen MR) is 159 cm³/mol. The molecule has 3 amide bonds. The number of benzene rings is 2. The van der Waals surface area contributed by atoms with Gasteiger partial charge in [0.2, 0.25) is 17.7 Å². The molecule has 240 valence electrons. The first-order valence-electron chi connectivity index (χ1n) is 14.4.